The smallest absolute Gasteiger partial charge is 0.318 e. The summed E-state index contributed by atoms with van der Waals surface area (Å²) in [7, 11) is 1.60. The molecule has 1 unspecified atom stereocenters. The molecule has 0 aromatic heterocycles. The number of urea groups is 1. The van der Waals surface area contributed by atoms with Crippen LogP contribution in [0.25, 0.3) is 0 Å². The Hall–Kier alpha value is -2.89. The Morgan fingerprint density at radius 3 is 2.75 bits per heavy atom. The molecule has 1 heterocycles. The van der Waals surface area contributed by atoms with E-state index in [1.165, 1.54) is 11.0 Å². The monoisotopic (exact) mass is 383 g/mol. The lowest BCUT2D eigenvalue weighted by atomic mass is 10.0. The van der Waals surface area contributed by atoms with Crippen molar-refractivity contribution in [3.8, 4) is 0 Å². The molecule has 0 spiro atoms. The van der Waals surface area contributed by atoms with Crippen molar-refractivity contribution in [2.75, 3.05) is 13.6 Å². The minimum absolute atomic E-state index is 0.0708. The largest absolute Gasteiger partial charge is 0.337 e. The standard InChI is InChI=1S/C22H26FN3O2/c1-16-10-11-19(23)18(13-16)15-25(2)22(28)24-20-9-6-12-26(21(20)27)14-17-7-4-3-5-8-17/h3-5,7-8,10-11,13,20H,6,9,12,14-15H2,1-2H3,(H,24,28). The zero-order chi connectivity index (χ0) is 20.1. The van der Waals surface area contributed by atoms with E-state index in [0.29, 0.717) is 25.1 Å². The summed E-state index contributed by atoms with van der Waals surface area (Å²) < 4.78 is 14.0. The molecule has 2 aromatic rings. The van der Waals surface area contributed by atoms with Crippen LogP contribution < -0.4 is 5.32 Å². The molecule has 1 aliphatic rings. The molecule has 0 aliphatic carbocycles. The van der Waals surface area contributed by atoms with Crippen molar-refractivity contribution in [3.05, 3.63) is 71.0 Å². The Balaban J connectivity index is 1.59. The van der Waals surface area contributed by atoms with Crippen LogP contribution in [0, 0.1) is 12.7 Å². The van der Waals surface area contributed by atoms with Gasteiger partial charge in [0.1, 0.15) is 11.9 Å². The van der Waals surface area contributed by atoms with Gasteiger partial charge < -0.3 is 15.1 Å². The SMILES string of the molecule is Cc1ccc(F)c(CN(C)C(=O)NC2CCCN(Cc3ccccc3)C2=O)c1. The summed E-state index contributed by atoms with van der Waals surface area (Å²) in [6.45, 7) is 3.25. The zero-order valence-electron chi connectivity index (χ0n) is 16.3. The van der Waals surface area contributed by atoms with E-state index in [4.69, 9.17) is 0 Å². The first-order chi connectivity index (χ1) is 13.4. The second-order valence-corrected chi connectivity index (χ2v) is 7.34. The number of aryl methyl sites for hydroxylation is 1. The molecule has 1 N–H and O–H groups in total. The topological polar surface area (TPSA) is 52.7 Å². The summed E-state index contributed by atoms with van der Waals surface area (Å²) in [6.07, 6.45) is 1.45. The molecule has 0 saturated carbocycles. The number of piperidine rings is 1. The van der Waals surface area contributed by atoms with E-state index in [-0.39, 0.29) is 24.3 Å². The fraction of sp³-hybridized carbons (Fsp3) is 0.364. The third-order valence-corrected chi connectivity index (χ3v) is 5.00. The Bertz CT molecular complexity index is 841. The Morgan fingerprint density at radius 1 is 1.25 bits per heavy atom. The van der Waals surface area contributed by atoms with Crippen molar-refractivity contribution in [1.82, 2.24) is 15.1 Å². The summed E-state index contributed by atoms with van der Waals surface area (Å²) in [5.74, 6) is -0.411. The molecule has 2 aromatic carbocycles. The van der Waals surface area contributed by atoms with Crippen LogP contribution in [0.3, 0.4) is 0 Å². The van der Waals surface area contributed by atoms with Crippen LogP contribution >= 0.6 is 0 Å². The molecule has 3 rings (SSSR count). The van der Waals surface area contributed by atoms with Crippen LogP contribution in [0.15, 0.2) is 48.5 Å². The van der Waals surface area contributed by atoms with Gasteiger partial charge in [-0.2, -0.15) is 0 Å². The summed E-state index contributed by atoms with van der Waals surface area (Å²) in [5, 5.41) is 2.81. The number of carbonyl (C=O) groups excluding carboxylic acids is 2. The maximum atomic E-state index is 14.0. The van der Waals surface area contributed by atoms with Gasteiger partial charge in [-0.05, 0) is 31.4 Å². The van der Waals surface area contributed by atoms with Gasteiger partial charge in [0.15, 0.2) is 0 Å². The molecule has 28 heavy (non-hydrogen) atoms. The molecule has 3 amide bonds. The molecule has 1 saturated heterocycles. The predicted octanol–water partition coefficient (Wildman–Crippen LogP) is 3.47. The van der Waals surface area contributed by atoms with Crippen molar-refractivity contribution in [2.24, 2.45) is 0 Å². The van der Waals surface area contributed by atoms with E-state index < -0.39 is 6.04 Å². The third kappa shape index (κ3) is 4.88. The average molecular weight is 383 g/mol. The number of likely N-dealkylation sites (tertiary alicyclic amines) is 1. The Labute approximate surface area is 165 Å². The molecular weight excluding hydrogens is 357 g/mol. The van der Waals surface area contributed by atoms with Crippen LogP contribution in [0.2, 0.25) is 0 Å². The van der Waals surface area contributed by atoms with Crippen LogP contribution in [0.5, 0.6) is 0 Å². The van der Waals surface area contributed by atoms with Crippen LogP contribution in [-0.4, -0.2) is 41.4 Å². The predicted molar refractivity (Wildman–Crippen MR) is 106 cm³/mol. The first-order valence-corrected chi connectivity index (χ1v) is 9.53. The van der Waals surface area contributed by atoms with Crippen LogP contribution in [0.4, 0.5) is 9.18 Å². The van der Waals surface area contributed by atoms with E-state index in [1.54, 1.807) is 24.1 Å². The van der Waals surface area contributed by atoms with Crippen molar-refractivity contribution >= 4 is 11.9 Å². The number of nitrogens with zero attached hydrogens (tertiary/aromatic N) is 2. The van der Waals surface area contributed by atoms with Gasteiger partial charge in [-0.15, -0.1) is 0 Å². The molecule has 1 atom stereocenters. The highest BCUT2D eigenvalue weighted by molar-refractivity contribution is 5.87. The fourth-order valence-corrected chi connectivity index (χ4v) is 3.45. The number of halogens is 1. The molecule has 0 radical (unpaired) electrons. The lowest BCUT2D eigenvalue weighted by molar-refractivity contribution is -0.136. The summed E-state index contributed by atoms with van der Waals surface area (Å²) in [4.78, 5) is 28.5. The highest BCUT2D eigenvalue weighted by Gasteiger charge is 2.30. The highest BCUT2D eigenvalue weighted by atomic mass is 19.1. The first kappa shape index (κ1) is 19.9. The molecule has 148 valence electrons. The normalized spacial score (nSPS) is 16.8. The number of carbonyl (C=O) groups is 2. The second-order valence-electron chi connectivity index (χ2n) is 7.34. The number of hydrogen-bond donors (Lipinski definition) is 1. The lowest BCUT2D eigenvalue weighted by Gasteiger charge is -2.33. The van der Waals surface area contributed by atoms with E-state index in [2.05, 4.69) is 5.32 Å². The molecular formula is C22H26FN3O2. The second kappa shape index (κ2) is 8.87. The molecule has 0 bridgehead atoms. The van der Waals surface area contributed by atoms with Crippen molar-refractivity contribution in [1.29, 1.82) is 0 Å². The average Bonchev–Trinajstić information content (AvgIpc) is 2.68. The van der Waals surface area contributed by atoms with Gasteiger partial charge in [0.05, 0.1) is 0 Å². The van der Waals surface area contributed by atoms with Crippen LogP contribution in [0.1, 0.15) is 29.5 Å². The lowest BCUT2D eigenvalue weighted by Crippen LogP contribution is -2.54. The number of nitrogens with one attached hydrogen (secondary N) is 1. The van der Waals surface area contributed by atoms with Crippen LogP contribution in [-0.2, 0) is 17.9 Å². The van der Waals surface area contributed by atoms with E-state index >= 15 is 0 Å². The number of rotatable bonds is 5. The molecule has 5 nitrogen and oxygen atoms in total. The molecule has 1 fully saturated rings. The number of benzene rings is 2. The molecule has 1 aliphatic heterocycles. The Kier molecular flexibility index (Phi) is 6.29. The zero-order valence-corrected chi connectivity index (χ0v) is 16.3. The summed E-state index contributed by atoms with van der Waals surface area (Å²) >= 11 is 0. The maximum Gasteiger partial charge on any atom is 0.318 e. The first-order valence-electron chi connectivity index (χ1n) is 9.53. The van der Waals surface area contributed by atoms with Gasteiger partial charge in [0.25, 0.3) is 0 Å². The quantitative estimate of drug-likeness (QED) is 0.860. The van der Waals surface area contributed by atoms with Crippen molar-refractivity contribution in [2.45, 2.75) is 38.9 Å². The van der Waals surface area contributed by atoms with E-state index in [9.17, 15) is 14.0 Å². The van der Waals surface area contributed by atoms with Gasteiger partial charge in [0.2, 0.25) is 5.91 Å². The van der Waals surface area contributed by atoms with Gasteiger partial charge in [0, 0.05) is 32.2 Å². The fourth-order valence-electron chi connectivity index (χ4n) is 3.45. The van der Waals surface area contributed by atoms with Gasteiger partial charge in [-0.1, -0.05) is 48.0 Å². The van der Waals surface area contributed by atoms with Crippen molar-refractivity contribution in [3.63, 3.8) is 0 Å². The third-order valence-electron chi connectivity index (χ3n) is 5.00. The summed E-state index contributed by atoms with van der Waals surface area (Å²) in [6, 6.07) is 13.7. The van der Waals surface area contributed by atoms with Crippen molar-refractivity contribution < 1.29 is 14.0 Å². The summed E-state index contributed by atoms with van der Waals surface area (Å²) in [5.41, 5.74) is 2.46. The maximum absolute atomic E-state index is 14.0. The minimum atomic E-state index is -0.547. The molecule has 6 heteroatoms. The Morgan fingerprint density at radius 2 is 2.00 bits per heavy atom. The number of hydrogen-bond acceptors (Lipinski definition) is 2. The number of amides is 3. The van der Waals surface area contributed by atoms with Gasteiger partial charge in [-0.3, -0.25) is 4.79 Å². The minimum Gasteiger partial charge on any atom is -0.337 e. The van der Waals surface area contributed by atoms with E-state index in [1.807, 2.05) is 37.3 Å². The van der Waals surface area contributed by atoms with Gasteiger partial charge >= 0.3 is 6.03 Å². The van der Waals surface area contributed by atoms with E-state index in [0.717, 1.165) is 17.5 Å². The van der Waals surface area contributed by atoms with Gasteiger partial charge in [-0.25, -0.2) is 9.18 Å². The highest BCUT2D eigenvalue weighted by Crippen LogP contribution is 2.16.